The van der Waals surface area contributed by atoms with Crippen LogP contribution in [-0.2, 0) is 16.4 Å². The Morgan fingerprint density at radius 1 is 1.19 bits per heavy atom. The standard InChI is InChI=1S/C14H13ClN2O2S2/c15-11-1-3-12(4-2-11)21(18,19)17-9-10(5-7-16)13-6-8-20-14(13)17/h1-4,6,8-9H,5,7,16H2. The molecule has 110 valence electrons. The van der Waals surface area contributed by atoms with Crippen LogP contribution in [0, 0.1) is 0 Å². The van der Waals surface area contributed by atoms with Gasteiger partial charge in [0, 0.05) is 16.6 Å². The van der Waals surface area contributed by atoms with Crippen LogP contribution >= 0.6 is 22.9 Å². The first kappa shape index (κ1) is 14.6. The van der Waals surface area contributed by atoms with E-state index >= 15 is 0 Å². The van der Waals surface area contributed by atoms with Crippen LogP contribution in [0.1, 0.15) is 5.56 Å². The Morgan fingerprint density at radius 2 is 1.90 bits per heavy atom. The van der Waals surface area contributed by atoms with Crippen molar-refractivity contribution in [3.8, 4) is 0 Å². The van der Waals surface area contributed by atoms with Gasteiger partial charge in [-0.2, -0.15) is 0 Å². The Hall–Kier alpha value is -1.34. The lowest BCUT2D eigenvalue weighted by atomic mass is 10.2. The van der Waals surface area contributed by atoms with Crippen LogP contribution in [0.15, 0.2) is 46.8 Å². The molecule has 2 N–H and O–H groups in total. The molecular weight excluding hydrogens is 328 g/mol. The number of nitrogens with two attached hydrogens (primary N) is 1. The molecule has 4 nitrogen and oxygen atoms in total. The Kier molecular flexibility index (Phi) is 3.79. The number of nitrogens with zero attached hydrogens (tertiary/aromatic N) is 1. The van der Waals surface area contributed by atoms with Crippen molar-refractivity contribution in [2.24, 2.45) is 5.73 Å². The van der Waals surface area contributed by atoms with E-state index < -0.39 is 10.0 Å². The third-order valence-corrected chi connectivity index (χ3v) is 6.20. The van der Waals surface area contributed by atoms with Crippen LogP contribution in [0.4, 0.5) is 0 Å². The molecule has 0 unspecified atom stereocenters. The lowest BCUT2D eigenvalue weighted by Gasteiger charge is -2.06. The molecule has 3 rings (SSSR count). The van der Waals surface area contributed by atoms with Crippen LogP contribution in [0.3, 0.4) is 0 Å². The average molecular weight is 341 g/mol. The monoisotopic (exact) mass is 340 g/mol. The molecule has 7 heteroatoms. The van der Waals surface area contributed by atoms with E-state index in [0.29, 0.717) is 22.8 Å². The second-order valence-electron chi connectivity index (χ2n) is 4.59. The summed E-state index contributed by atoms with van der Waals surface area (Å²) in [5.41, 5.74) is 6.55. The molecule has 0 saturated carbocycles. The van der Waals surface area contributed by atoms with Gasteiger partial charge in [0.2, 0.25) is 0 Å². The predicted octanol–water partition coefficient (Wildman–Crippen LogP) is 3.09. The molecule has 21 heavy (non-hydrogen) atoms. The molecule has 0 aliphatic carbocycles. The molecule has 3 aromatic rings. The third kappa shape index (κ3) is 2.48. The van der Waals surface area contributed by atoms with Gasteiger partial charge < -0.3 is 5.73 Å². The van der Waals surface area contributed by atoms with E-state index in [9.17, 15) is 8.42 Å². The van der Waals surface area contributed by atoms with Gasteiger partial charge in [0.15, 0.2) is 0 Å². The number of halogens is 1. The van der Waals surface area contributed by atoms with Crippen molar-refractivity contribution in [1.82, 2.24) is 3.97 Å². The fraction of sp³-hybridized carbons (Fsp3) is 0.143. The number of fused-ring (bicyclic) bond motifs is 1. The smallest absolute Gasteiger partial charge is 0.268 e. The van der Waals surface area contributed by atoms with Gasteiger partial charge >= 0.3 is 0 Å². The highest BCUT2D eigenvalue weighted by Crippen LogP contribution is 2.30. The highest BCUT2D eigenvalue weighted by atomic mass is 35.5. The van der Waals surface area contributed by atoms with Gasteiger partial charge in [-0.3, -0.25) is 0 Å². The van der Waals surface area contributed by atoms with Crippen LogP contribution in [-0.4, -0.2) is 18.9 Å². The van der Waals surface area contributed by atoms with E-state index in [2.05, 4.69) is 0 Å². The SMILES string of the molecule is NCCc1cn(S(=O)(=O)c2ccc(Cl)cc2)c2sccc12. The van der Waals surface area contributed by atoms with E-state index in [0.717, 1.165) is 10.9 Å². The summed E-state index contributed by atoms with van der Waals surface area (Å²) in [6.45, 7) is 0.482. The summed E-state index contributed by atoms with van der Waals surface area (Å²) >= 11 is 7.22. The van der Waals surface area contributed by atoms with Gasteiger partial charge in [0.1, 0.15) is 4.83 Å². The first-order chi connectivity index (χ1) is 10.0. The van der Waals surface area contributed by atoms with E-state index in [-0.39, 0.29) is 4.90 Å². The lowest BCUT2D eigenvalue weighted by molar-refractivity contribution is 0.589. The molecule has 0 saturated heterocycles. The van der Waals surface area contributed by atoms with Crippen molar-refractivity contribution in [2.45, 2.75) is 11.3 Å². The first-order valence-corrected chi connectivity index (χ1v) is 9.02. The number of thiophene rings is 1. The normalized spacial score (nSPS) is 12.1. The summed E-state index contributed by atoms with van der Waals surface area (Å²) in [6, 6.07) is 8.10. The number of hydrogen-bond acceptors (Lipinski definition) is 4. The van der Waals surface area contributed by atoms with E-state index in [1.54, 1.807) is 18.3 Å². The molecule has 1 aromatic carbocycles. The predicted molar refractivity (Wildman–Crippen MR) is 86.6 cm³/mol. The summed E-state index contributed by atoms with van der Waals surface area (Å²) in [4.78, 5) is 0.935. The van der Waals surface area contributed by atoms with Crippen molar-refractivity contribution >= 4 is 43.2 Å². The summed E-state index contributed by atoms with van der Waals surface area (Å²) in [5.74, 6) is 0. The maximum absolute atomic E-state index is 12.8. The average Bonchev–Trinajstić information content (AvgIpc) is 3.03. The molecule has 0 aliphatic heterocycles. The van der Waals surface area contributed by atoms with E-state index in [1.165, 1.54) is 27.4 Å². The number of rotatable bonds is 4. The highest BCUT2D eigenvalue weighted by molar-refractivity contribution is 7.90. The topological polar surface area (TPSA) is 65.1 Å². The van der Waals surface area contributed by atoms with Gasteiger partial charge in [-0.25, -0.2) is 12.4 Å². The molecule has 0 fully saturated rings. The molecule has 2 heterocycles. The first-order valence-electron chi connectivity index (χ1n) is 6.32. The maximum Gasteiger partial charge on any atom is 0.268 e. The van der Waals surface area contributed by atoms with Gasteiger partial charge in [0.25, 0.3) is 10.0 Å². The fourth-order valence-corrected chi connectivity index (χ4v) is 4.89. The van der Waals surface area contributed by atoms with Crippen molar-refractivity contribution < 1.29 is 8.42 Å². The largest absolute Gasteiger partial charge is 0.330 e. The van der Waals surface area contributed by atoms with Crippen molar-refractivity contribution in [2.75, 3.05) is 6.54 Å². The minimum absolute atomic E-state index is 0.219. The second kappa shape index (κ2) is 5.46. The fourth-order valence-electron chi connectivity index (χ4n) is 2.24. The molecule has 0 aliphatic rings. The Balaban J connectivity index is 2.19. The van der Waals surface area contributed by atoms with Crippen LogP contribution in [0.25, 0.3) is 10.2 Å². The van der Waals surface area contributed by atoms with Gasteiger partial charge in [-0.05, 0) is 54.2 Å². The molecule has 0 atom stereocenters. The van der Waals surface area contributed by atoms with Gasteiger partial charge in [0.05, 0.1) is 4.90 Å². The minimum Gasteiger partial charge on any atom is -0.330 e. The summed E-state index contributed by atoms with van der Waals surface area (Å²) < 4.78 is 26.9. The van der Waals surface area contributed by atoms with Crippen molar-refractivity contribution in [3.05, 3.63) is 52.5 Å². The summed E-state index contributed by atoms with van der Waals surface area (Å²) in [5, 5.41) is 3.34. The van der Waals surface area contributed by atoms with Crippen molar-refractivity contribution in [1.29, 1.82) is 0 Å². The van der Waals surface area contributed by atoms with E-state index in [1.807, 2.05) is 11.4 Å². The van der Waals surface area contributed by atoms with Crippen LogP contribution in [0.5, 0.6) is 0 Å². The zero-order chi connectivity index (χ0) is 15.0. The van der Waals surface area contributed by atoms with E-state index in [4.69, 9.17) is 17.3 Å². The van der Waals surface area contributed by atoms with Crippen LogP contribution < -0.4 is 5.73 Å². The molecule has 0 amide bonds. The zero-order valence-electron chi connectivity index (χ0n) is 11.0. The molecular formula is C14H13ClN2O2S2. The second-order valence-corrected chi connectivity index (χ2v) is 7.73. The van der Waals surface area contributed by atoms with Gasteiger partial charge in [-0.15, -0.1) is 11.3 Å². The zero-order valence-corrected chi connectivity index (χ0v) is 13.4. The third-order valence-electron chi connectivity index (χ3n) is 3.25. The number of hydrogen-bond donors (Lipinski definition) is 1. The number of benzene rings is 1. The number of aromatic nitrogens is 1. The highest BCUT2D eigenvalue weighted by Gasteiger charge is 2.21. The lowest BCUT2D eigenvalue weighted by Crippen LogP contribution is -2.11. The molecule has 0 bridgehead atoms. The summed E-state index contributed by atoms with van der Waals surface area (Å²) in [6.07, 6.45) is 2.31. The van der Waals surface area contributed by atoms with Crippen LogP contribution in [0.2, 0.25) is 5.02 Å². The minimum atomic E-state index is -3.62. The summed E-state index contributed by atoms with van der Waals surface area (Å²) in [7, 11) is -3.62. The Labute approximate surface area is 131 Å². The molecule has 0 radical (unpaired) electrons. The van der Waals surface area contributed by atoms with Crippen molar-refractivity contribution in [3.63, 3.8) is 0 Å². The maximum atomic E-state index is 12.8. The Morgan fingerprint density at radius 3 is 2.57 bits per heavy atom. The molecule has 0 spiro atoms. The van der Waals surface area contributed by atoms with Gasteiger partial charge in [-0.1, -0.05) is 11.6 Å². The quantitative estimate of drug-likeness (QED) is 0.793. The molecule has 2 aromatic heterocycles. The Bertz CT molecular complexity index is 879.